The highest BCUT2D eigenvalue weighted by molar-refractivity contribution is 14.1. The summed E-state index contributed by atoms with van der Waals surface area (Å²) in [6.45, 7) is 0. The van der Waals surface area contributed by atoms with Crippen molar-refractivity contribution in [1.29, 1.82) is 0 Å². The number of nitrogens with zero attached hydrogens (tertiary/aromatic N) is 3. The molecule has 0 bridgehead atoms. The summed E-state index contributed by atoms with van der Waals surface area (Å²) in [5.74, 6) is -1.47. The first-order valence-corrected chi connectivity index (χ1v) is 8.45. The van der Waals surface area contributed by atoms with Gasteiger partial charge in [0.25, 0.3) is 0 Å². The Labute approximate surface area is 162 Å². The molecule has 2 aromatic carbocycles. The number of hydrogen-bond acceptors (Lipinski definition) is 3. The normalized spacial score (nSPS) is 11.8. The Morgan fingerprint density at radius 2 is 1.76 bits per heavy atom. The third kappa shape index (κ3) is 3.75. The Morgan fingerprint density at radius 1 is 1.04 bits per heavy atom. The molecule has 10 heteroatoms. The second-order valence-corrected chi connectivity index (χ2v) is 6.87. The van der Waals surface area contributed by atoms with Gasteiger partial charge in [-0.25, -0.2) is 14.3 Å². The second-order valence-electron chi connectivity index (χ2n) is 4.88. The zero-order valence-corrected chi connectivity index (χ0v) is 15.6. The minimum atomic E-state index is -4.83. The molecular formula is C15H6Cl2F4IN3. The first kappa shape index (κ1) is 18.4. The molecule has 1 heterocycles. The number of halogens is 7. The van der Waals surface area contributed by atoms with E-state index in [1.807, 2.05) is 22.6 Å². The van der Waals surface area contributed by atoms with E-state index in [-0.39, 0.29) is 26.5 Å². The second kappa shape index (κ2) is 6.73. The highest BCUT2D eigenvalue weighted by atomic mass is 127. The fourth-order valence-electron chi connectivity index (χ4n) is 2.25. The Morgan fingerprint density at radius 3 is 2.40 bits per heavy atom. The van der Waals surface area contributed by atoms with Crippen molar-refractivity contribution < 1.29 is 17.6 Å². The van der Waals surface area contributed by atoms with E-state index in [4.69, 9.17) is 23.2 Å². The third-order valence-electron chi connectivity index (χ3n) is 3.22. The summed E-state index contributed by atoms with van der Waals surface area (Å²) in [6, 6.07) is 7.66. The van der Waals surface area contributed by atoms with Crippen LogP contribution in [0.15, 0.2) is 36.4 Å². The van der Waals surface area contributed by atoms with Gasteiger partial charge in [-0.1, -0.05) is 17.7 Å². The van der Waals surface area contributed by atoms with E-state index >= 15 is 0 Å². The Hall–Kier alpha value is -1.39. The smallest absolute Gasteiger partial charge is 0.236 e. The van der Waals surface area contributed by atoms with E-state index in [0.717, 1.165) is 12.1 Å². The SMILES string of the molecule is Fc1cc2c(N(c3cccc(I)c3)C(F)(F)F)nc(Cl)nc2cc1Cl. The number of benzene rings is 2. The van der Waals surface area contributed by atoms with Crippen molar-refractivity contribution >= 4 is 68.2 Å². The van der Waals surface area contributed by atoms with Gasteiger partial charge in [-0.2, -0.15) is 4.98 Å². The lowest BCUT2D eigenvalue weighted by atomic mass is 10.2. The van der Waals surface area contributed by atoms with Crippen molar-refractivity contribution in [2.24, 2.45) is 0 Å². The Balaban J connectivity index is 2.35. The molecule has 0 aliphatic rings. The first-order chi connectivity index (χ1) is 11.7. The molecule has 3 nitrogen and oxygen atoms in total. The minimum Gasteiger partial charge on any atom is -0.236 e. The van der Waals surface area contributed by atoms with Crippen LogP contribution in [0.3, 0.4) is 0 Å². The topological polar surface area (TPSA) is 29.0 Å². The minimum absolute atomic E-state index is 0.00118. The van der Waals surface area contributed by atoms with Gasteiger partial charge in [-0.05, 0) is 64.5 Å². The predicted octanol–water partition coefficient (Wildman–Crippen LogP) is 6.34. The summed E-state index contributed by atoms with van der Waals surface area (Å²) < 4.78 is 55.7. The molecule has 0 spiro atoms. The van der Waals surface area contributed by atoms with Crippen LogP contribution in [-0.4, -0.2) is 16.3 Å². The van der Waals surface area contributed by atoms with Gasteiger partial charge in [0.05, 0.1) is 16.2 Å². The van der Waals surface area contributed by atoms with Crippen molar-refractivity contribution in [3.05, 3.63) is 56.1 Å². The highest BCUT2D eigenvalue weighted by Crippen LogP contribution is 2.40. The van der Waals surface area contributed by atoms with Gasteiger partial charge in [0.1, 0.15) is 5.82 Å². The van der Waals surface area contributed by atoms with Gasteiger partial charge in [0.2, 0.25) is 5.28 Å². The number of fused-ring (bicyclic) bond motifs is 1. The molecule has 0 radical (unpaired) electrons. The van der Waals surface area contributed by atoms with Gasteiger partial charge in [-0.15, -0.1) is 13.2 Å². The average molecular weight is 502 g/mol. The molecule has 0 saturated carbocycles. The monoisotopic (exact) mass is 501 g/mol. The number of alkyl halides is 3. The zero-order chi connectivity index (χ0) is 18.4. The van der Waals surface area contributed by atoms with Crippen LogP contribution < -0.4 is 4.90 Å². The molecule has 0 atom stereocenters. The van der Waals surface area contributed by atoms with E-state index in [9.17, 15) is 17.6 Å². The quantitative estimate of drug-likeness (QED) is 0.178. The van der Waals surface area contributed by atoms with Gasteiger partial charge >= 0.3 is 6.30 Å². The van der Waals surface area contributed by atoms with Gasteiger partial charge in [-0.3, -0.25) is 0 Å². The molecule has 0 saturated heterocycles. The summed E-state index contributed by atoms with van der Waals surface area (Å²) >= 11 is 13.3. The molecule has 1 aromatic heterocycles. The van der Waals surface area contributed by atoms with Crippen LogP contribution in [0.2, 0.25) is 10.3 Å². The zero-order valence-electron chi connectivity index (χ0n) is 12.0. The van der Waals surface area contributed by atoms with Crippen LogP contribution in [0, 0.1) is 9.39 Å². The molecule has 0 amide bonds. The van der Waals surface area contributed by atoms with E-state index in [2.05, 4.69) is 9.97 Å². The van der Waals surface area contributed by atoms with E-state index < -0.39 is 23.2 Å². The van der Waals surface area contributed by atoms with Gasteiger partial charge < -0.3 is 0 Å². The van der Waals surface area contributed by atoms with Crippen molar-refractivity contribution in [3.63, 3.8) is 0 Å². The lowest BCUT2D eigenvalue weighted by Crippen LogP contribution is -2.34. The van der Waals surface area contributed by atoms with Crippen LogP contribution in [0.25, 0.3) is 10.9 Å². The molecule has 0 aliphatic carbocycles. The first-order valence-electron chi connectivity index (χ1n) is 6.61. The maximum absolute atomic E-state index is 13.8. The van der Waals surface area contributed by atoms with Crippen LogP contribution in [0.5, 0.6) is 0 Å². The molecular weight excluding hydrogens is 496 g/mol. The van der Waals surface area contributed by atoms with Crippen molar-refractivity contribution in [3.8, 4) is 0 Å². The highest BCUT2D eigenvalue weighted by Gasteiger charge is 2.41. The lowest BCUT2D eigenvalue weighted by molar-refractivity contribution is -0.121. The summed E-state index contributed by atoms with van der Waals surface area (Å²) in [5, 5.41) is -0.853. The van der Waals surface area contributed by atoms with Crippen LogP contribution >= 0.6 is 45.8 Å². The number of rotatable bonds is 2. The van der Waals surface area contributed by atoms with E-state index in [0.29, 0.717) is 3.57 Å². The van der Waals surface area contributed by atoms with Crippen molar-refractivity contribution in [2.45, 2.75) is 6.30 Å². The summed E-state index contributed by atoms with van der Waals surface area (Å²) in [7, 11) is 0. The number of anilines is 2. The summed E-state index contributed by atoms with van der Waals surface area (Å²) in [5.41, 5.74) is -0.188. The Bertz CT molecular complexity index is 965. The molecule has 0 fully saturated rings. The molecule has 130 valence electrons. The average Bonchev–Trinajstić information content (AvgIpc) is 2.48. The summed E-state index contributed by atoms with van der Waals surface area (Å²) in [4.78, 5) is 7.54. The molecule has 3 aromatic rings. The third-order valence-corrected chi connectivity index (χ3v) is 4.35. The Kier molecular flexibility index (Phi) is 4.95. The van der Waals surface area contributed by atoms with Crippen LogP contribution in [0.1, 0.15) is 0 Å². The van der Waals surface area contributed by atoms with Gasteiger partial charge in [0, 0.05) is 8.96 Å². The maximum Gasteiger partial charge on any atom is 0.490 e. The molecule has 0 unspecified atom stereocenters. The van der Waals surface area contributed by atoms with Crippen molar-refractivity contribution in [1.82, 2.24) is 9.97 Å². The fourth-order valence-corrected chi connectivity index (χ4v) is 3.11. The van der Waals surface area contributed by atoms with Crippen LogP contribution in [-0.2, 0) is 0 Å². The van der Waals surface area contributed by atoms with E-state index in [1.54, 1.807) is 6.07 Å². The predicted molar refractivity (Wildman–Crippen MR) is 96.9 cm³/mol. The molecule has 25 heavy (non-hydrogen) atoms. The molecule has 0 N–H and O–H groups in total. The number of hydrogen-bond donors (Lipinski definition) is 0. The standard InChI is InChI=1S/C15H6Cl2F4IN3/c16-10-6-12-9(5-11(10)18)13(24-14(17)23-12)25(15(19,20)21)8-3-1-2-7(22)4-8/h1-6H. The van der Waals surface area contributed by atoms with E-state index in [1.165, 1.54) is 18.2 Å². The van der Waals surface area contributed by atoms with Crippen LogP contribution in [0.4, 0.5) is 29.1 Å². The largest absolute Gasteiger partial charge is 0.490 e. The molecule has 3 rings (SSSR count). The lowest BCUT2D eigenvalue weighted by Gasteiger charge is -2.27. The summed E-state index contributed by atoms with van der Waals surface area (Å²) in [6.07, 6.45) is -4.83. The van der Waals surface area contributed by atoms with Crippen molar-refractivity contribution in [2.75, 3.05) is 4.90 Å². The fraction of sp³-hybridized carbons (Fsp3) is 0.0667. The maximum atomic E-state index is 13.8. The molecule has 0 aliphatic heterocycles. The number of aromatic nitrogens is 2. The van der Waals surface area contributed by atoms with Gasteiger partial charge in [0.15, 0.2) is 5.82 Å².